The van der Waals surface area contributed by atoms with Crippen LogP contribution in [0.3, 0.4) is 0 Å². The Labute approximate surface area is 268 Å². The molecule has 0 unspecified atom stereocenters. The SMILES string of the molecule is COC(=O)[C@H](Cc1ccccc1)NC(=O)[C@@H](Cc1cn(C(=O)OC2C3CC4CC(C3)CC2C4)cn1)NC(=O)OCc1ccccc1. The van der Waals surface area contributed by atoms with Crippen molar-refractivity contribution in [3.63, 3.8) is 0 Å². The van der Waals surface area contributed by atoms with Crippen molar-refractivity contribution in [3.05, 3.63) is 90.0 Å². The first-order valence-corrected chi connectivity index (χ1v) is 16.0. The first kappa shape index (κ1) is 31.3. The molecule has 4 fully saturated rings. The normalized spacial score (nSPS) is 24.0. The number of carbonyl (C=O) groups excluding carboxylic acids is 4. The lowest BCUT2D eigenvalue weighted by atomic mass is 9.55. The lowest BCUT2D eigenvalue weighted by Gasteiger charge is -2.53. The molecule has 1 heterocycles. The van der Waals surface area contributed by atoms with E-state index in [1.165, 1.54) is 30.6 Å². The van der Waals surface area contributed by atoms with E-state index in [0.717, 1.165) is 48.6 Å². The Morgan fingerprint density at radius 2 is 1.46 bits per heavy atom. The van der Waals surface area contributed by atoms with Crippen LogP contribution in [-0.2, 0) is 43.2 Å². The van der Waals surface area contributed by atoms with Gasteiger partial charge in [-0.15, -0.1) is 0 Å². The fourth-order valence-corrected chi connectivity index (χ4v) is 7.60. The van der Waals surface area contributed by atoms with E-state index < -0.39 is 36.1 Å². The molecule has 0 saturated heterocycles. The summed E-state index contributed by atoms with van der Waals surface area (Å²) >= 11 is 0. The number of carbonyl (C=O) groups is 4. The minimum atomic E-state index is -1.17. The molecular formula is C35H40N4O7. The molecule has 242 valence electrons. The van der Waals surface area contributed by atoms with E-state index in [0.29, 0.717) is 17.5 Å². The van der Waals surface area contributed by atoms with Crippen LogP contribution < -0.4 is 10.6 Å². The zero-order chi connectivity index (χ0) is 32.0. The van der Waals surface area contributed by atoms with Gasteiger partial charge in [-0.3, -0.25) is 4.79 Å². The molecule has 4 bridgehead atoms. The highest BCUT2D eigenvalue weighted by molar-refractivity contribution is 5.90. The second kappa shape index (κ2) is 14.2. The molecule has 4 aliphatic carbocycles. The Morgan fingerprint density at radius 3 is 2.09 bits per heavy atom. The smallest absolute Gasteiger partial charge is 0.419 e. The molecule has 2 N–H and O–H groups in total. The summed E-state index contributed by atoms with van der Waals surface area (Å²) in [4.78, 5) is 56.6. The van der Waals surface area contributed by atoms with E-state index >= 15 is 0 Å². The van der Waals surface area contributed by atoms with Crippen molar-refractivity contribution in [1.82, 2.24) is 20.2 Å². The van der Waals surface area contributed by atoms with Crippen LogP contribution in [-0.4, -0.2) is 58.9 Å². The molecule has 7 rings (SSSR count). The van der Waals surface area contributed by atoms with Crippen LogP contribution in [0.5, 0.6) is 0 Å². The summed E-state index contributed by atoms with van der Waals surface area (Å²) in [6.45, 7) is 0.00488. The maximum Gasteiger partial charge on any atom is 0.419 e. The first-order chi connectivity index (χ1) is 22.3. The Bertz CT molecular complexity index is 1500. The number of methoxy groups -OCH3 is 1. The Hall–Kier alpha value is -4.67. The maximum absolute atomic E-state index is 13.6. The van der Waals surface area contributed by atoms with Gasteiger partial charge in [0.1, 0.15) is 31.1 Å². The van der Waals surface area contributed by atoms with Gasteiger partial charge in [-0.25, -0.2) is 23.9 Å². The maximum atomic E-state index is 13.6. The predicted molar refractivity (Wildman–Crippen MR) is 166 cm³/mol. The summed E-state index contributed by atoms with van der Waals surface area (Å²) in [5, 5.41) is 5.33. The second-order valence-corrected chi connectivity index (χ2v) is 12.8. The number of hydrogen-bond donors (Lipinski definition) is 2. The second-order valence-electron chi connectivity index (χ2n) is 12.8. The number of benzene rings is 2. The van der Waals surface area contributed by atoms with Crippen molar-refractivity contribution >= 4 is 24.1 Å². The molecule has 4 aliphatic rings. The molecule has 2 amide bonds. The van der Waals surface area contributed by atoms with Crippen molar-refractivity contribution in [1.29, 1.82) is 0 Å². The van der Waals surface area contributed by atoms with Crippen molar-refractivity contribution in [2.75, 3.05) is 7.11 Å². The Morgan fingerprint density at radius 1 is 0.826 bits per heavy atom. The van der Waals surface area contributed by atoms with E-state index in [1.807, 2.05) is 60.7 Å². The predicted octanol–water partition coefficient (Wildman–Crippen LogP) is 4.43. The van der Waals surface area contributed by atoms with Gasteiger partial charge in [-0.2, -0.15) is 0 Å². The molecule has 11 nitrogen and oxygen atoms in total. The van der Waals surface area contributed by atoms with Gasteiger partial charge in [-0.05, 0) is 66.9 Å². The van der Waals surface area contributed by atoms with Crippen molar-refractivity contribution in [2.24, 2.45) is 23.7 Å². The van der Waals surface area contributed by atoms with Gasteiger partial charge < -0.3 is 24.8 Å². The quantitative estimate of drug-likeness (QED) is 0.235. The molecular weight excluding hydrogens is 588 g/mol. The molecule has 2 atom stereocenters. The van der Waals surface area contributed by atoms with Gasteiger partial charge in [0.15, 0.2) is 0 Å². The van der Waals surface area contributed by atoms with Crippen LogP contribution >= 0.6 is 0 Å². The van der Waals surface area contributed by atoms with Crippen LogP contribution in [0.25, 0.3) is 0 Å². The fraction of sp³-hybridized carbons (Fsp3) is 0.457. The number of amides is 2. The number of imidazole rings is 1. The number of nitrogens with zero attached hydrogens (tertiary/aromatic N) is 2. The van der Waals surface area contributed by atoms with Gasteiger partial charge in [0.05, 0.1) is 12.8 Å². The molecule has 11 heteroatoms. The highest BCUT2D eigenvalue weighted by Gasteiger charge is 2.50. The van der Waals surface area contributed by atoms with E-state index in [-0.39, 0.29) is 25.6 Å². The third-order valence-electron chi connectivity index (χ3n) is 9.54. The van der Waals surface area contributed by atoms with E-state index in [2.05, 4.69) is 15.6 Å². The van der Waals surface area contributed by atoms with Gasteiger partial charge in [0, 0.05) is 19.0 Å². The summed E-state index contributed by atoms with van der Waals surface area (Å²) in [6, 6.07) is 16.2. The standard InChI is InChI=1S/C35H40N4O7/c1-44-33(41)30(17-22-8-4-2-5-9-22)37-32(40)29(38-34(42)45-20-23-10-6-3-7-11-23)18-28-19-39(21-36-28)35(43)46-31-26-13-24-12-25(15-26)16-27(31)14-24/h2-11,19,21,24-27,29-31H,12-18,20H2,1H3,(H,37,40)(H,38,42)/t24?,25?,26?,27?,29-,30+,31?/m1/s1. The topological polar surface area (TPSA) is 138 Å². The number of aromatic nitrogens is 2. The zero-order valence-electron chi connectivity index (χ0n) is 25.9. The molecule has 2 aromatic carbocycles. The average molecular weight is 629 g/mol. The highest BCUT2D eigenvalue weighted by atomic mass is 16.6. The number of hydrogen-bond acceptors (Lipinski definition) is 8. The zero-order valence-corrected chi connectivity index (χ0v) is 25.9. The third-order valence-corrected chi connectivity index (χ3v) is 9.54. The van der Waals surface area contributed by atoms with E-state index in [9.17, 15) is 19.2 Å². The summed E-state index contributed by atoms with van der Waals surface area (Å²) in [6.07, 6.45) is 7.42. The average Bonchev–Trinajstić information content (AvgIpc) is 3.54. The van der Waals surface area contributed by atoms with Crippen LogP contribution in [0.4, 0.5) is 9.59 Å². The van der Waals surface area contributed by atoms with Gasteiger partial charge in [0.25, 0.3) is 0 Å². The van der Waals surface area contributed by atoms with Crippen molar-refractivity contribution in [3.8, 4) is 0 Å². The number of nitrogens with one attached hydrogen (secondary N) is 2. The number of esters is 1. The van der Waals surface area contributed by atoms with Crippen LogP contribution in [0.1, 0.15) is 48.9 Å². The van der Waals surface area contributed by atoms with Crippen molar-refractivity contribution < 1.29 is 33.4 Å². The fourth-order valence-electron chi connectivity index (χ4n) is 7.60. The lowest BCUT2D eigenvalue weighted by molar-refractivity contribution is -0.145. The van der Waals surface area contributed by atoms with E-state index in [1.54, 1.807) is 0 Å². The molecule has 46 heavy (non-hydrogen) atoms. The summed E-state index contributed by atoms with van der Waals surface area (Å²) in [5.41, 5.74) is 1.98. The third kappa shape index (κ3) is 7.58. The highest BCUT2D eigenvalue weighted by Crippen LogP contribution is 2.54. The molecule has 0 aliphatic heterocycles. The van der Waals surface area contributed by atoms with Gasteiger partial charge in [0.2, 0.25) is 5.91 Å². The molecule has 0 radical (unpaired) electrons. The van der Waals surface area contributed by atoms with Gasteiger partial charge >= 0.3 is 18.2 Å². The molecule has 3 aromatic rings. The Kier molecular flexibility index (Phi) is 9.65. The van der Waals surface area contributed by atoms with Gasteiger partial charge in [-0.1, -0.05) is 60.7 Å². The monoisotopic (exact) mass is 628 g/mol. The number of rotatable bonds is 11. The first-order valence-electron chi connectivity index (χ1n) is 16.0. The Balaban J connectivity index is 1.13. The van der Waals surface area contributed by atoms with E-state index in [4.69, 9.17) is 14.2 Å². The lowest BCUT2D eigenvalue weighted by Crippen LogP contribution is -2.53. The van der Waals surface area contributed by atoms with Crippen molar-refractivity contribution in [2.45, 2.75) is 69.7 Å². The largest absolute Gasteiger partial charge is 0.467 e. The number of ether oxygens (including phenoxy) is 3. The van der Waals surface area contributed by atoms with Crippen LogP contribution in [0.15, 0.2) is 73.2 Å². The molecule has 0 spiro atoms. The van der Waals surface area contributed by atoms with Crippen LogP contribution in [0.2, 0.25) is 0 Å². The number of alkyl carbamates (subject to hydrolysis) is 1. The summed E-state index contributed by atoms with van der Waals surface area (Å²) < 4.78 is 17.6. The summed E-state index contributed by atoms with van der Waals surface area (Å²) in [5.74, 6) is 1.10. The molecule has 4 saturated carbocycles. The summed E-state index contributed by atoms with van der Waals surface area (Å²) in [7, 11) is 1.25. The molecule has 1 aromatic heterocycles. The van der Waals surface area contributed by atoms with Crippen LogP contribution in [0, 0.1) is 23.7 Å². The minimum absolute atomic E-state index is 0.00488. The minimum Gasteiger partial charge on any atom is -0.467 e.